The number of hydrogen-bond donors (Lipinski definition) is 3. The van der Waals surface area contributed by atoms with Gasteiger partial charge in [0.25, 0.3) is 0 Å². The van der Waals surface area contributed by atoms with Crippen molar-refractivity contribution < 1.29 is 10.0 Å². The molecule has 0 fully saturated rings. The van der Waals surface area contributed by atoms with Crippen molar-refractivity contribution in [2.45, 2.75) is 4.90 Å². The van der Waals surface area contributed by atoms with Gasteiger partial charge in [0.1, 0.15) is 0 Å². The summed E-state index contributed by atoms with van der Waals surface area (Å²) in [5.74, 6) is 0. The molecule has 2 N–H and O–H groups in total. The van der Waals surface area contributed by atoms with Crippen LogP contribution in [0.15, 0.2) is 29.2 Å². The van der Waals surface area contributed by atoms with Crippen molar-refractivity contribution in [2.24, 2.45) is 0 Å². The van der Waals surface area contributed by atoms with E-state index in [1.807, 2.05) is 0 Å². The fourth-order valence-electron chi connectivity index (χ4n) is 0.685. The molecular weight excluding hydrogens is 170 g/mol. The Morgan fingerprint density at radius 3 is 2.27 bits per heavy atom. The quantitative estimate of drug-likeness (QED) is 0.381. The van der Waals surface area contributed by atoms with E-state index in [9.17, 15) is 0 Å². The molecule has 0 atom stereocenters. The van der Waals surface area contributed by atoms with Crippen LogP contribution in [0.4, 0.5) is 0 Å². The van der Waals surface area contributed by atoms with Crippen LogP contribution in [-0.4, -0.2) is 46.7 Å². The number of rotatable bonds is 1. The van der Waals surface area contributed by atoms with E-state index >= 15 is 0 Å². The van der Waals surface area contributed by atoms with E-state index in [4.69, 9.17) is 10.0 Å². The van der Waals surface area contributed by atoms with Gasteiger partial charge in [-0.15, -0.1) is 12.6 Å². The minimum absolute atomic E-state index is 0. The van der Waals surface area contributed by atoms with Gasteiger partial charge >= 0.3 is 36.7 Å². The molecule has 0 unspecified atom stereocenters. The Hall–Kier alpha value is 0.555. The molecule has 0 saturated heterocycles. The van der Waals surface area contributed by atoms with Crippen LogP contribution in [-0.2, 0) is 0 Å². The molecule has 54 valence electrons. The van der Waals surface area contributed by atoms with Crippen LogP contribution < -0.4 is 5.46 Å². The molecule has 11 heavy (non-hydrogen) atoms. The number of thiol groups is 1. The molecule has 0 aliphatic rings. The Labute approximate surface area is 93.5 Å². The van der Waals surface area contributed by atoms with Crippen molar-refractivity contribution in [3.63, 3.8) is 0 Å². The van der Waals surface area contributed by atoms with Crippen molar-refractivity contribution in [1.82, 2.24) is 0 Å². The first-order chi connectivity index (χ1) is 4.70. The van der Waals surface area contributed by atoms with Crippen LogP contribution >= 0.6 is 12.6 Å². The average molecular weight is 178 g/mol. The first-order valence-electron chi connectivity index (χ1n) is 2.85. The molecule has 0 aliphatic carbocycles. The number of benzene rings is 1. The summed E-state index contributed by atoms with van der Waals surface area (Å²) in [6.07, 6.45) is 0. The normalized spacial score (nSPS) is 8.64. The summed E-state index contributed by atoms with van der Waals surface area (Å²) in [6.45, 7) is 0. The van der Waals surface area contributed by atoms with E-state index in [2.05, 4.69) is 12.6 Å². The fraction of sp³-hybridized carbons (Fsp3) is 0. The molecule has 1 aromatic rings. The molecule has 0 amide bonds. The van der Waals surface area contributed by atoms with Crippen LogP contribution in [0.2, 0.25) is 0 Å². The van der Waals surface area contributed by atoms with Crippen LogP contribution in [0.1, 0.15) is 0 Å². The monoisotopic (exact) mass is 178 g/mol. The first kappa shape index (κ1) is 11.6. The molecule has 1 rings (SSSR count). The summed E-state index contributed by atoms with van der Waals surface area (Å²) in [7, 11) is -1.40. The van der Waals surface area contributed by atoms with Crippen molar-refractivity contribution in [2.75, 3.05) is 0 Å². The molecule has 0 saturated carbocycles. The summed E-state index contributed by atoms with van der Waals surface area (Å²) in [4.78, 5) is 0.727. The summed E-state index contributed by atoms with van der Waals surface area (Å²) in [5.41, 5.74) is 0.465. The topological polar surface area (TPSA) is 40.5 Å². The van der Waals surface area contributed by atoms with Crippen molar-refractivity contribution in [3.8, 4) is 0 Å². The Bertz CT molecular complexity index is 232. The molecule has 5 heteroatoms. The maximum atomic E-state index is 8.67. The van der Waals surface area contributed by atoms with Gasteiger partial charge < -0.3 is 10.0 Å². The second-order valence-corrected chi connectivity index (χ2v) is 2.49. The van der Waals surface area contributed by atoms with E-state index in [0.29, 0.717) is 5.46 Å². The van der Waals surface area contributed by atoms with Crippen molar-refractivity contribution in [1.29, 1.82) is 0 Å². The van der Waals surface area contributed by atoms with Gasteiger partial charge in [-0.3, -0.25) is 0 Å². The van der Waals surface area contributed by atoms with Crippen LogP contribution in [0.5, 0.6) is 0 Å². The Balaban J connectivity index is 0.000001000. The van der Waals surface area contributed by atoms with E-state index < -0.39 is 7.12 Å². The molecule has 0 spiro atoms. The zero-order chi connectivity index (χ0) is 7.56. The van der Waals surface area contributed by atoms with E-state index in [0.717, 1.165) is 4.90 Å². The van der Waals surface area contributed by atoms with E-state index in [1.165, 1.54) is 0 Å². The molecule has 0 bridgehead atoms. The molecule has 0 radical (unpaired) electrons. The summed E-state index contributed by atoms with van der Waals surface area (Å²) < 4.78 is 0. The third-order valence-corrected chi connectivity index (χ3v) is 1.45. The molecule has 0 heterocycles. The Kier molecular flexibility index (Phi) is 5.51. The number of hydrogen-bond acceptors (Lipinski definition) is 3. The standard InChI is InChI=1S/C6H7BO2S.Na.H/c8-7(9)5-2-1-3-6(10)4-5;;/h1-4,8-10H;;. The zero-order valence-electron chi connectivity index (χ0n) is 5.23. The fourth-order valence-corrected chi connectivity index (χ4v) is 0.921. The van der Waals surface area contributed by atoms with E-state index in [1.54, 1.807) is 24.3 Å². The van der Waals surface area contributed by atoms with Crippen LogP contribution in [0, 0.1) is 0 Å². The average Bonchev–Trinajstić information content (AvgIpc) is 1.88. The van der Waals surface area contributed by atoms with Crippen molar-refractivity contribution >= 4 is 54.8 Å². The van der Waals surface area contributed by atoms with Gasteiger partial charge in [0.05, 0.1) is 0 Å². The third-order valence-electron chi connectivity index (χ3n) is 1.17. The SMILES string of the molecule is OB(O)c1cccc(S)c1.[NaH]. The predicted molar refractivity (Wildman–Crippen MR) is 50.7 cm³/mol. The van der Waals surface area contributed by atoms with Crippen LogP contribution in [0.25, 0.3) is 0 Å². The van der Waals surface area contributed by atoms with Gasteiger partial charge in [0, 0.05) is 4.90 Å². The van der Waals surface area contributed by atoms with Crippen molar-refractivity contribution in [3.05, 3.63) is 24.3 Å². The van der Waals surface area contributed by atoms with Gasteiger partial charge in [-0.1, -0.05) is 12.1 Å². The van der Waals surface area contributed by atoms with Gasteiger partial charge in [0.15, 0.2) is 0 Å². The maximum absolute atomic E-state index is 8.67. The minimum atomic E-state index is -1.40. The van der Waals surface area contributed by atoms with Gasteiger partial charge in [0.2, 0.25) is 0 Å². The predicted octanol–water partition coefficient (Wildman–Crippen LogP) is -0.993. The van der Waals surface area contributed by atoms with Crippen LogP contribution in [0.3, 0.4) is 0 Å². The molecule has 2 nitrogen and oxygen atoms in total. The molecular formula is C6H8BNaO2S. The first-order valence-corrected chi connectivity index (χ1v) is 3.30. The second-order valence-electron chi connectivity index (χ2n) is 1.97. The second kappa shape index (κ2) is 5.24. The van der Waals surface area contributed by atoms with Gasteiger partial charge in [-0.2, -0.15) is 0 Å². The molecule has 1 aromatic carbocycles. The molecule has 0 aliphatic heterocycles. The zero-order valence-corrected chi connectivity index (χ0v) is 6.12. The molecule has 0 aromatic heterocycles. The Morgan fingerprint density at radius 1 is 1.27 bits per heavy atom. The summed E-state index contributed by atoms with van der Waals surface area (Å²) in [5, 5.41) is 17.3. The summed E-state index contributed by atoms with van der Waals surface area (Å²) in [6, 6.07) is 6.73. The van der Waals surface area contributed by atoms with Gasteiger partial charge in [-0.05, 0) is 17.6 Å². The summed E-state index contributed by atoms with van der Waals surface area (Å²) >= 11 is 4.03. The Morgan fingerprint density at radius 2 is 1.91 bits per heavy atom. The van der Waals surface area contributed by atoms with Gasteiger partial charge in [-0.25, -0.2) is 0 Å². The van der Waals surface area contributed by atoms with E-state index in [-0.39, 0.29) is 29.6 Å². The third kappa shape index (κ3) is 3.65.